The molecule has 39 heavy (non-hydrogen) atoms. The maximum atomic E-state index is 13.3. The Morgan fingerprint density at radius 3 is 2.77 bits per heavy atom. The molecule has 0 radical (unpaired) electrons. The lowest BCUT2D eigenvalue weighted by molar-refractivity contribution is -0.124. The number of carbonyl (C=O) groups is 2. The lowest BCUT2D eigenvalue weighted by Crippen LogP contribution is -2.50. The summed E-state index contributed by atoms with van der Waals surface area (Å²) in [4.78, 5) is 29.3. The topological polar surface area (TPSA) is 82.7 Å². The normalized spacial score (nSPS) is 20.4. The van der Waals surface area contributed by atoms with Gasteiger partial charge in [-0.3, -0.25) is 14.5 Å². The molecule has 1 aromatic heterocycles. The number of thiophene rings is 1. The van der Waals surface area contributed by atoms with E-state index in [-0.39, 0.29) is 29.9 Å². The third-order valence-electron chi connectivity index (χ3n) is 7.31. The van der Waals surface area contributed by atoms with Gasteiger partial charge in [-0.2, -0.15) is 0 Å². The minimum Gasteiger partial charge on any atom is -0.488 e. The molecule has 3 N–H and O–H groups in total. The van der Waals surface area contributed by atoms with Gasteiger partial charge in [0.05, 0.1) is 9.35 Å². The number of rotatable bonds is 10. The standard InChI is InChI=1S/C30H37BrN4O3S/c1-19(2)13-25(34-30(37)28-15-21-5-3-4-6-27(21)39-28)29(36)33-22-10-12-35(18-22)17-20-7-8-26(24(31)14-20)38-23-9-11-32-16-23/h3-8,14-15,19,22-23,25,32H,9-13,16-18H2,1-2H3,(H,33,36)(H,34,37)/t22-,23+,25-/m0/s1. The number of nitrogens with one attached hydrogen (secondary N) is 3. The van der Waals surface area contributed by atoms with Crippen LogP contribution in [0.3, 0.4) is 0 Å². The molecule has 5 rings (SSSR count). The molecule has 2 aliphatic rings. The predicted molar refractivity (Wildman–Crippen MR) is 160 cm³/mol. The summed E-state index contributed by atoms with van der Waals surface area (Å²) in [5, 5.41) is 10.6. The van der Waals surface area contributed by atoms with Gasteiger partial charge in [-0.15, -0.1) is 11.3 Å². The van der Waals surface area contributed by atoms with Gasteiger partial charge >= 0.3 is 0 Å². The first-order valence-electron chi connectivity index (χ1n) is 13.8. The maximum absolute atomic E-state index is 13.3. The van der Waals surface area contributed by atoms with Crippen molar-refractivity contribution in [3.63, 3.8) is 0 Å². The molecule has 0 spiro atoms. The van der Waals surface area contributed by atoms with E-state index in [0.29, 0.717) is 11.3 Å². The largest absolute Gasteiger partial charge is 0.488 e. The van der Waals surface area contributed by atoms with Crippen LogP contribution < -0.4 is 20.7 Å². The number of benzene rings is 2. The van der Waals surface area contributed by atoms with Crippen molar-refractivity contribution in [1.29, 1.82) is 0 Å². The second-order valence-corrected chi connectivity index (χ2v) is 13.0. The van der Waals surface area contributed by atoms with Crippen molar-refractivity contribution in [3.05, 3.63) is 63.4 Å². The minimum absolute atomic E-state index is 0.0642. The van der Waals surface area contributed by atoms with Gasteiger partial charge in [-0.25, -0.2) is 0 Å². The van der Waals surface area contributed by atoms with E-state index in [4.69, 9.17) is 4.74 Å². The number of halogens is 1. The Balaban J connectivity index is 1.14. The fourth-order valence-electron chi connectivity index (χ4n) is 5.33. The van der Waals surface area contributed by atoms with E-state index in [1.165, 1.54) is 16.9 Å². The monoisotopic (exact) mass is 612 g/mol. The maximum Gasteiger partial charge on any atom is 0.262 e. The zero-order valence-electron chi connectivity index (χ0n) is 22.5. The zero-order chi connectivity index (χ0) is 27.4. The van der Waals surface area contributed by atoms with Crippen LogP contribution >= 0.6 is 27.3 Å². The van der Waals surface area contributed by atoms with Crippen LogP contribution in [-0.4, -0.2) is 61.1 Å². The Kier molecular flexibility index (Phi) is 9.22. The van der Waals surface area contributed by atoms with Gasteiger partial charge in [0.1, 0.15) is 17.9 Å². The van der Waals surface area contributed by atoms with Gasteiger partial charge < -0.3 is 20.7 Å². The number of ether oxygens (including phenoxy) is 1. The van der Waals surface area contributed by atoms with Crippen LogP contribution in [0.25, 0.3) is 10.1 Å². The van der Waals surface area contributed by atoms with E-state index in [9.17, 15) is 9.59 Å². The second kappa shape index (κ2) is 12.8. The molecule has 3 aromatic rings. The van der Waals surface area contributed by atoms with Gasteiger partial charge in [0.25, 0.3) is 5.91 Å². The highest BCUT2D eigenvalue weighted by molar-refractivity contribution is 9.10. The number of likely N-dealkylation sites (tertiary alicyclic amines) is 1. The molecule has 2 aromatic carbocycles. The lowest BCUT2D eigenvalue weighted by atomic mass is 10.0. The zero-order valence-corrected chi connectivity index (χ0v) is 24.9. The van der Waals surface area contributed by atoms with E-state index in [0.717, 1.165) is 65.9 Å². The SMILES string of the molecule is CC(C)C[C@H](NC(=O)c1cc2ccccc2s1)C(=O)N[C@H]1CCN(Cc2ccc(O[C@@H]3CCNC3)c(Br)c2)C1. The predicted octanol–water partition coefficient (Wildman–Crippen LogP) is 4.94. The number of nitrogens with zero attached hydrogens (tertiary/aromatic N) is 1. The van der Waals surface area contributed by atoms with E-state index in [1.807, 2.05) is 36.4 Å². The Morgan fingerprint density at radius 2 is 2.03 bits per heavy atom. The molecule has 2 saturated heterocycles. The molecular weight excluding hydrogens is 576 g/mol. The lowest BCUT2D eigenvalue weighted by Gasteiger charge is -2.23. The van der Waals surface area contributed by atoms with Crippen LogP contribution in [0.4, 0.5) is 0 Å². The number of hydrogen-bond donors (Lipinski definition) is 3. The summed E-state index contributed by atoms with van der Waals surface area (Å²) in [6, 6.07) is 15.6. The number of fused-ring (bicyclic) bond motifs is 1. The fourth-order valence-corrected chi connectivity index (χ4v) is 6.81. The molecule has 7 nitrogen and oxygen atoms in total. The molecule has 0 saturated carbocycles. The average Bonchev–Trinajstić information content (AvgIpc) is 3.66. The summed E-state index contributed by atoms with van der Waals surface area (Å²) in [5.74, 6) is 0.870. The molecule has 0 aliphatic carbocycles. The number of amides is 2. The molecule has 3 atom stereocenters. The molecule has 3 heterocycles. The summed E-state index contributed by atoms with van der Waals surface area (Å²) < 4.78 is 8.16. The first-order chi connectivity index (χ1) is 18.8. The van der Waals surface area contributed by atoms with Gasteiger partial charge in [0.2, 0.25) is 5.91 Å². The summed E-state index contributed by atoms with van der Waals surface area (Å²) in [7, 11) is 0. The quantitative estimate of drug-likeness (QED) is 0.302. The van der Waals surface area contributed by atoms with Crippen LogP contribution in [0.2, 0.25) is 0 Å². The molecule has 208 valence electrons. The Hall–Kier alpha value is -2.46. The number of carbonyl (C=O) groups excluding carboxylic acids is 2. The third-order valence-corrected chi connectivity index (χ3v) is 9.04. The van der Waals surface area contributed by atoms with Crippen molar-refractivity contribution in [1.82, 2.24) is 20.9 Å². The van der Waals surface area contributed by atoms with Crippen LogP contribution in [0, 0.1) is 5.92 Å². The van der Waals surface area contributed by atoms with E-state index in [2.05, 4.69) is 62.8 Å². The van der Waals surface area contributed by atoms with E-state index >= 15 is 0 Å². The van der Waals surface area contributed by atoms with Crippen molar-refractivity contribution in [2.75, 3.05) is 26.2 Å². The van der Waals surface area contributed by atoms with Gasteiger partial charge in [0.15, 0.2) is 0 Å². The van der Waals surface area contributed by atoms with Crippen molar-refractivity contribution >= 4 is 49.2 Å². The van der Waals surface area contributed by atoms with Crippen molar-refractivity contribution in [2.24, 2.45) is 5.92 Å². The molecular formula is C30H37BrN4O3S. The summed E-state index contributed by atoms with van der Waals surface area (Å²) >= 11 is 5.13. The Labute approximate surface area is 242 Å². The van der Waals surface area contributed by atoms with Crippen LogP contribution in [-0.2, 0) is 11.3 Å². The highest BCUT2D eigenvalue weighted by Crippen LogP contribution is 2.29. The fraction of sp³-hybridized carbons (Fsp3) is 0.467. The summed E-state index contributed by atoms with van der Waals surface area (Å²) in [5.41, 5.74) is 1.21. The van der Waals surface area contributed by atoms with Gasteiger partial charge in [0, 0.05) is 36.9 Å². The molecule has 9 heteroatoms. The summed E-state index contributed by atoms with van der Waals surface area (Å²) in [6.45, 7) is 8.55. The van der Waals surface area contributed by atoms with Crippen molar-refractivity contribution in [3.8, 4) is 5.75 Å². The van der Waals surface area contributed by atoms with Crippen LogP contribution in [0.15, 0.2) is 53.0 Å². The van der Waals surface area contributed by atoms with E-state index in [1.54, 1.807) is 0 Å². The molecule has 2 amide bonds. The first-order valence-corrected chi connectivity index (χ1v) is 15.4. The molecule has 2 fully saturated rings. The number of hydrogen-bond acceptors (Lipinski definition) is 6. The molecule has 0 unspecified atom stereocenters. The van der Waals surface area contributed by atoms with E-state index < -0.39 is 6.04 Å². The van der Waals surface area contributed by atoms with Crippen molar-refractivity contribution < 1.29 is 14.3 Å². The summed E-state index contributed by atoms with van der Waals surface area (Å²) in [6.07, 6.45) is 2.74. The molecule has 0 bridgehead atoms. The van der Waals surface area contributed by atoms with Gasteiger partial charge in [-0.1, -0.05) is 38.1 Å². The first kappa shape index (κ1) is 28.1. The highest BCUT2D eigenvalue weighted by atomic mass is 79.9. The van der Waals surface area contributed by atoms with Crippen LogP contribution in [0.5, 0.6) is 5.75 Å². The van der Waals surface area contributed by atoms with Crippen LogP contribution in [0.1, 0.15) is 48.3 Å². The van der Waals surface area contributed by atoms with Crippen molar-refractivity contribution in [2.45, 2.75) is 57.8 Å². The molecule has 2 aliphatic heterocycles. The Bertz CT molecular complexity index is 1270. The highest BCUT2D eigenvalue weighted by Gasteiger charge is 2.29. The Morgan fingerprint density at radius 1 is 1.18 bits per heavy atom. The van der Waals surface area contributed by atoms with Gasteiger partial charge in [-0.05, 0) is 82.9 Å². The second-order valence-electron chi connectivity index (χ2n) is 11.0. The average molecular weight is 614 g/mol. The smallest absolute Gasteiger partial charge is 0.262 e. The third kappa shape index (κ3) is 7.39. The minimum atomic E-state index is -0.560.